The summed E-state index contributed by atoms with van der Waals surface area (Å²) in [6.45, 7) is 19.0. The third-order valence-corrected chi connectivity index (χ3v) is 12.1. The fraction of sp³-hybridized carbons (Fsp3) is 0.906. The third kappa shape index (κ3) is 4.43. The van der Waals surface area contributed by atoms with Gasteiger partial charge < -0.3 is 4.74 Å². The zero-order valence-electron chi connectivity index (χ0n) is 23.7. The number of esters is 1. The van der Waals surface area contributed by atoms with E-state index in [0.29, 0.717) is 22.7 Å². The third-order valence-electron chi connectivity index (χ3n) is 12.1. The van der Waals surface area contributed by atoms with E-state index < -0.39 is 0 Å². The Morgan fingerprint density at radius 2 is 1.71 bits per heavy atom. The van der Waals surface area contributed by atoms with Crippen molar-refractivity contribution in [2.75, 3.05) is 0 Å². The van der Waals surface area contributed by atoms with Crippen LogP contribution in [0.15, 0.2) is 11.6 Å². The second-order valence-corrected chi connectivity index (χ2v) is 13.9. The summed E-state index contributed by atoms with van der Waals surface area (Å²) >= 11 is 0. The van der Waals surface area contributed by atoms with Crippen molar-refractivity contribution >= 4 is 5.97 Å². The maximum Gasteiger partial charge on any atom is 0.302 e. The molecule has 0 heterocycles. The number of carbonyl (C=O) groups is 1. The number of allylic oxidation sites excluding steroid dienone is 2. The zero-order chi connectivity index (χ0) is 24.8. The maximum atomic E-state index is 11.7. The molecular weight excluding hydrogens is 416 g/mol. The fourth-order valence-corrected chi connectivity index (χ4v) is 9.97. The molecule has 0 radical (unpaired) electrons. The van der Waals surface area contributed by atoms with Crippen LogP contribution in [0.3, 0.4) is 0 Å². The summed E-state index contributed by atoms with van der Waals surface area (Å²) < 4.78 is 5.76. The number of hydrogen-bond acceptors (Lipinski definition) is 2. The van der Waals surface area contributed by atoms with Crippen LogP contribution in [0.2, 0.25) is 0 Å². The van der Waals surface area contributed by atoms with Gasteiger partial charge in [0.25, 0.3) is 0 Å². The second kappa shape index (κ2) is 9.93. The lowest BCUT2D eigenvalue weighted by Gasteiger charge is -2.59. The van der Waals surface area contributed by atoms with Crippen molar-refractivity contribution in [3.8, 4) is 0 Å². The van der Waals surface area contributed by atoms with E-state index in [9.17, 15) is 4.79 Å². The van der Waals surface area contributed by atoms with Crippen molar-refractivity contribution in [3.05, 3.63) is 11.6 Å². The van der Waals surface area contributed by atoms with Gasteiger partial charge in [-0.3, -0.25) is 4.79 Å². The van der Waals surface area contributed by atoms with Gasteiger partial charge in [-0.05, 0) is 110 Å². The SMILES string of the molecule is CC[C@H](CC[C@@H](C)[C@H]1CC[C@H]2C3=CC[C@H]4[C@H](C)[C@@H](OC(C)=O)CC[C@]4(C)[C@H]3CC[C@]12C)C(C)C. The lowest BCUT2D eigenvalue weighted by atomic mass is 9.46. The molecule has 4 rings (SSSR count). The Kier molecular flexibility index (Phi) is 7.67. The van der Waals surface area contributed by atoms with Crippen LogP contribution in [0.5, 0.6) is 0 Å². The molecule has 0 saturated heterocycles. The van der Waals surface area contributed by atoms with Crippen LogP contribution in [0.25, 0.3) is 0 Å². The first-order valence-electron chi connectivity index (χ1n) is 14.9. The number of ether oxygens (including phenoxy) is 1. The smallest absolute Gasteiger partial charge is 0.302 e. The molecule has 4 aliphatic carbocycles. The van der Waals surface area contributed by atoms with Gasteiger partial charge in [0.15, 0.2) is 0 Å². The van der Waals surface area contributed by atoms with Gasteiger partial charge in [-0.1, -0.05) is 73.0 Å². The van der Waals surface area contributed by atoms with Crippen molar-refractivity contribution in [2.45, 2.75) is 126 Å². The van der Waals surface area contributed by atoms with Gasteiger partial charge in [-0.2, -0.15) is 0 Å². The Labute approximate surface area is 211 Å². The highest BCUT2D eigenvalue weighted by Crippen LogP contribution is 2.67. The van der Waals surface area contributed by atoms with Crippen molar-refractivity contribution in [3.63, 3.8) is 0 Å². The maximum absolute atomic E-state index is 11.7. The molecule has 0 N–H and O–H groups in total. The minimum Gasteiger partial charge on any atom is -0.462 e. The van der Waals surface area contributed by atoms with E-state index in [2.05, 4.69) is 54.5 Å². The molecule has 0 spiro atoms. The quantitative estimate of drug-likeness (QED) is 0.274. The van der Waals surface area contributed by atoms with Gasteiger partial charge in [0.2, 0.25) is 0 Å². The van der Waals surface area contributed by atoms with Crippen LogP contribution in [0.4, 0.5) is 0 Å². The molecule has 0 amide bonds. The minimum atomic E-state index is -0.106. The van der Waals surface area contributed by atoms with Gasteiger partial charge in [0.05, 0.1) is 0 Å². The van der Waals surface area contributed by atoms with Crippen molar-refractivity contribution in [2.24, 2.45) is 58.2 Å². The number of rotatable bonds is 7. The summed E-state index contributed by atoms with van der Waals surface area (Å²) in [5, 5.41) is 0. The molecule has 194 valence electrons. The zero-order valence-corrected chi connectivity index (χ0v) is 23.7. The van der Waals surface area contributed by atoms with Crippen LogP contribution in [-0.4, -0.2) is 12.1 Å². The molecule has 3 saturated carbocycles. The highest BCUT2D eigenvalue weighted by molar-refractivity contribution is 5.66. The van der Waals surface area contributed by atoms with Gasteiger partial charge in [-0.25, -0.2) is 0 Å². The predicted molar refractivity (Wildman–Crippen MR) is 142 cm³/mol. The second-order valence-electron chi connectivity index (χ2n) is 13.9. The van der Waals surface area contributed by atoms with Crippen molar-refractivity contribution in [1.82, 2.24) is 0 Å². The Morgan fingerprint density at radius 3 is 2.35 bits per heavy atom. The highest BCUT2D eigenvalue weighted by Gasteiger charge is 2.59. The summed E-state index contributed by atoms with van der Waals surface area (Å²) in [6, 6.07) is 0. The topological polar surface area (TPSA) is 26.3 Å². The Hall–Kier alpha value is -0.790. The van der Waals surface area contributed by atoms with Crippen LogP contribution >= 0.6 is 0 Å². The van der Waals surface area contributed by atoms with Crippen LogP contribution < -0.4 is 0 Å². The first kappa shape index (κ1) is 26.3. The molecule has 0 aromatic heterocycles. The van der Waals surface area contributed by atoms with Gasteiger partial charge in [0, 0.05) is 6.92 Å². The Bertz CT molecular complexity index is 767. The van der Waals surface area contributed by atoms with E-state index >= 15 is 0 Å². The predicted octanol–water partition coefficient (Wildman–Crippen LogP) is 8.84. The summed E-state index contributed by atoms with van der Waals surface area (Å²) in [7, 11) is 0. The fourth-order valence-electron chi connectivity index (χ4n) is 9.97. The molecule has 0 bridgehead atoms. The molecule has 0 aromatic rings. The summed E-state index contributed by atoms with van der Waals surface area (Å²) in [6.07, 6.45) is 16.1. The first-order chi connectivity index (χ1) is 16.0. The van der Waals surface area contributed by atoms with Crippen LogP contribution in [-0.2, 0) is 9.53 Å². The van der Waals surface area contributed by atoms with Gasteiger partial charge >= 0.3 is 5.97 Å². The number of carbonyl (C=O) groups excluding carboxylic acids is 1. The van der Waals surface area contributed by atoms with Crippen LogP contribution in [0.1, 0.15) is 120 Å². The monoisotopic (exact) mass is 470 g/mol. The molecule has 0 unspecified atom stereocenters. The molecule has 3 fully saturated rings. The molecule has 10 atom stereocenters. The number of fused-ring (bicyclic) bond motifs is 5. The van der Waals surface area contributed by atoms with E-state index in [4.69, 9.17) is 4.74 Å². The van der Waals surface area contributed by atoms with E-state index in [0.717, 1.165) is 41.9 Å². The highest BCUT2D eigenvalue weighted by atomic mass is 16.5. The lowest BCUT2D eigenvalue weighted by molar-refractivity contribution is -0.158. The number of hydrogen-bond donors (Lipinski definition) is 0. The summed E-state index contributed by atoms with van der Waals surface area (Å²) in [5.41, 5.74) is 2.75. The average molecular weight is 471 g/mol. The molecule has 4 aliphatic rings. The van der Waals surface area contributed by atoms with E-state index in [-0.39, 0.29) is 12.1 Å². The minimum absolute atomic E-state index is 0.106. The van der Waals surface area contributed by atoms with Gasteiger partial charge in [-0.15, -0.1) is 0 Å². The van der Waals surface area contributed by atoms with Crippen LogP contribution in [0, 0.1) is 58.2 Å². The summed E-state index contributed by atoms with van der Waals surface area (Å²) in [5.74, 6) is 6.04. The molecule has 0 aliphatic heterocycles. The molecule has 34 heavy (non-hydrogen) atoms. The van der Waals surface area contributed by atoms with E-state index in [1.54, 1.807) is 6.92 Å². The first-order valence-corrected chi connectivity index (χ1v) is 14.9. The molecule has 0 aromatic carbocycles. The largest absolute Gasteiger partial charge is 0.462 e. The molecular formula is C32H54O2. The Balaban J connectivity index is 1.49. The van der Waals surface area contributed by atoms with Crippen molar-refractivity contribution < 1.29 is 9.53 Å². The van der Waals surface area contributed by atoms with Gasteiger partial charge in [0.1, 0.15) is 6.10 Å². The summed E-state index contributed by atoms with van der Waals surface area (Å²) in [4.78, 5) is 11.7. The van der Waals surface area contributed by atoms with E-state index in [1.807, 2.05) is 5.57 Å². The molecule has 2 nitrogen and oxygen atoms in total. The Morgan fingerprint density at radius 1 is 1.03 bits per heavy atom. The normalized spacial score (nSPS) is 43.4. The van der Waals surface area contributed by atoms with Crippen molar-refractivity contribution in [1.29, 1.82) is 0 Å². The standard InChI is InChI=1S/C32H54O2/c1-9-24(20(2)3)11-10-21(4)26-14-15-28-25-12-13-27-22(5)30(34-23(6)33)17-19-32(27,8)29(25)16-18-31(26,28)7/h12,20-22,24,26-30H,9-11,13-19H2,1-8H3/t21-,22+,24-,26-,27+,28+,29+,30+,31-,32+/m1/s1. The molecule has 2 heteroatoms. The average Bonchev–Trinajstić information content (AvgIpc) is 3.13. The lowest BCUT2D eigenvalue weighted by Crippen LogP contribution is -2.53. The van der Waals surface area contributed by atoms with E-state index in [1.165, 1.54) is 57.8 Å².